The van der Waals surface area contributed by atoms with Gasteiger partial charge in [0.1, 0.15) is 11.6 Å². The summed E-state index contributed by atoms with van der Waals surface area (Å²) < 4.78 is 0. The summed E-state index contributed by atoms with van der Waals surface area (Å²) in [7, 11) is 0. The summed E-state index contributed by atoms with van der Waals surface area (Å²) in [6, 6.07) is 2.14. The fourth-order valence-corrected chi connectivity index (χ4v) is 2.78. The van der Waals surface area contributed by atoms with Crippen LogP contribution in [0, 0.1) is 6.92 Å². The molecule has 1 saturated heterocycles. The summed E-state index contributed by atoms with van der Waals surface area (Å²) in [5, 5.41) is 0. The zero-order valence-corrected chi connectivity index (χ0v) is 12.0. The summed E-state index contributed by atoms with van der Waals surface area (Å²) in [4.78, 5) is 22.3. The van der Waals surface area contributed by atoms with Crippen LogP contribution in [-0.2, 0) is 11.2 Å². The maximum Gasteiger partial charge on any atom is 0.219 e. The second-order valence-corrected chi connectivity index (χ2v) is 5.32. The lowest BCUT2D eigenvalue weighted by atomic mass is 9.99. The molecule has 1 aromatic rings. The van der Waals surface area contributed by atoms with Gasteiger partial charge in [-0.05, 0) is 32.7 Å². The monoisotopic (exact) mass is 277 g/mol. The van der Waals surface area contributed by atoms with Gasteiger partial charge in [0.05, 0.1) is 0 Å². The van der Waals surface area contributed by atoms with E-state index in [0.717, 1.165) is 49.6 Å². The molecule has 0 saturated carbocycles. The molecule has 0 aliphatic carbocycles. The smallest absolute Gasteiger partial charge is 0.219 e. The van der Waals surface area contributed by atoms with Crippen LogP contribution in [0.2, 0.25) is 0 Å². The van der Waals surface area contributed by atoms with E-state index in [-0.39, 0.29) is 11.9 Å². The predicted octanol–water partition coefficient (Wildman–Crippen LogP) is 0.521. The quantitative estimate of drug-likeness (QED) is 0.817. The fourth-order valence-electron chi connectivity index (χ4n) is 2.78. The van der Waals surface area contributed by atoms with Gasteiger partial charge in [-0.2, -0.15) is 0 Å². The van der Waals surface area contributed by atoms with Crippen molar-refractivity contribution in [1.29, 1.82) is 0 Å². The third-order valence-corrected chi connectivity index (χ3v) is 3.64. The van der Waals surface area contributed by atoms with Crippen molar-refractivity contribution in [3.05, 3.63) is 17.6 Å². The molecule has 2 heterocycles. The SMILES string of the molecule is Cc1nc(CCN)cc(N2CCCC[C@H]2CC(N)=O)n1. The van der Waals surface area contributed by atoms with Crippen LogP contribution in [-0.4, -0.2) is 35.0 Å². The van der Waals surface area contributed by atoms with Crippen LogP contribution in [0.25, 0.3) is 0 Å². The molecule has 0 bridgehead atoms. The van der Waals surface area contributed by atoms with Crippen LogP contribution in [0.1, 0.15) is 37.2 Å². The maximum atomic E-state index is 11.2. The lowest BCUT2D eigenvalue weighted by Gasteiger charge is -2.36. The van der Waals surface area contributed by atoms with Crippen molar-refractivity contribution < 1.29 is 4.79 Å². The van der Waals surface area contributed by atoms with Crippen LogP contribution < -0.4 is 16.4 Å². The van der Waals surface area contributed by atoms with E-state index in [4.69, 9.17) is 11.5 Å². The van der Waals surface area contributed by atoms with Gasteiger partial charge in [-0.1, -0.05) is 0 Å². The number of piperidine rings is 1. The number of hydrogen-bond donors (Lipinski definition) is 2. The largest absolute Gasteiger partial charge is 0.370 e. The zero-order chi connectivity index (χ0) is 14.5. The van der Waals surface area contributed by atoms with E-state index in [2.05, 4.69) is 14.9 Å². The standard InChI is InChI=1S/C14H23N5O/c1-10-17-11(5-6-15)8-14(18-10)19-7-3-2-4-12(19)9-13(16)20/h8,12H,2-7,9,15H2,1H3,(H2,16,20)/t12-/m0/s1. The van der Waals surface area contributed by atoms with E-state index in [1.807, 2.05) is 13.0 Å². The zero-order valence-electron chi connectivity index (χ0n) is 12.0. The molecule has 4 N–H and O–H groups in total. The van der Waals surface area contributed by atoms with Crippen LogP contribution in [0.4, 0.5) is 5.82 Å². The molecule has 20 heavy (non-hydrogen) atoms. The summed E-state index contributed by atoms with van der Waals surface area (Å²) in [5.74, 6) is 1.39. The molecular weight excluding hydrogens is 254 g/mol. The molecule has 0 spiro atoms. The average molecular weight is 277 g/mol. The highest BCUT2D eigenvalue weighted by Crippen LogP contribution is 2.25. The number of primary amides is 1. The molecule has 1 aromatic heterocycles. The lowest BCUT2D eigenvalue weighted by molar-refractivity contribution is -0.118. The van der Waals surface area contributed by atoms with Gasteiger partial charge in [-0.3, -0.25) is 4.79 Å². The van der Waals surface area contributed by atoms with Gasteiger partial charge < -0.3 is 16.4 Å². The lowest BCUT2D eigenvalue weighted by Crippen LogP contribution is -2.42. The first-order valence-corrected chi connectivity index (χ1v) is 7.19. The molecular formula is C14H23N5O. The Balaban J connectivity index is 2.24. The van der Waals surface area contributed by atoms with Crippen LogP contribution >= 0.6 is 0 Å². The molecule has 1 atom stereocenters. The van der Waals surface area contributed by atoms with Gasteiger partial charge >= 0.3 is 0 Å². The third kappa shape index (κ3) is 3.66. The van der Waals surface area contributed by atoms with Crippen molar-refractivity contribution >= 4 is 11.7 Å². The number of nitrogens with two attached hydrogens (primary N) is 2. The first kappa shape index (κ1) is 14.7. The molecule has 110 valence electrons. The number of carbonyl (C=O) groups is 1. The Morgan fingerprint density at radius 2 is 2.25 bits per heavy atom. The Bertz CT molecular complexity index is 477. The molecule has 1 fully saturated rings. The van der Waals surface area contributed by atoms with E-state index >= 15 is 0 Å². The normalized spacial score (nSPS) is 19.1. The predicted molar refractivity (Wildman–Crippen MR) is 78.3 cm³/mol. The van der Waals surface area contributed by atoms with Crippen molar-refractivity contribution in [3.8, 4) is 0 Å². The topological polar surface area (TPSA) is 98.1 Å². The molecule has 0 radical (unpaired) electrons. The second-order valence-electron chi connectivity index (χ2n) is 5.32. The minimum atomic E-state index is -0.255. The second kappa shape index (κ2) is 6.65. The Morgan fingerprint density at radius 1 is 1.45 bits per heavy atom. The number of hydrogen-bond acceptors (Lipinski definition) is 5. The third-order valence-electron chi connectivity index (χ3n) is 3.64. The summed E-state index contributed by atoms with van der Waals surface area (Å²) in [5.41, 5.74) is 11.9. The molecule has 1 amide bonds. The van der Waals surface area contributed by atoms with Crippen LogP contribution in [0.3, 0.4) is 0 Å². The number of nitrogens with zero attached hydrogens (tertiary/aromatic N) is 3. The van der Waals surface area contributed by atoms with E-state index in [1.165, 1.54) is 0 Å². The van der Waals surface area contributed by atoms with Gasteiger partial charge in [-0.15, -0.1) is 0 Å². The molecule has 0 unspecified atom stereocenters. The van der Waals surface area contributed by atoms with Crippen molar-refractivity contribution in [2.75, 3.05) is 18.0 Å². The van der Waals surface area contributed by atoms with Gasteiger partial charge in [0.25, 0.3) is 0 Å². The van der Waals surface area contributed by atoms with E-state index < -0.39 is 0 Å². The number of carbonyl (C=O) groups excluding carboxylic acids is 1. The molecule has 1 aliphatic heterocycles. The summed E-state index contributed by atoms with van der Waals surface area (Å²) in [6.07, 6.45) is 4.36. The Kier molecular flexibility index (Phi) is 4.89. The first-order chi connectivity index (χ1) is 9.60. The maximum absolute atomic E-state index is 11.2. The van der Waals surface area contributed by atoms with Crippen LogP contribution in [0.15, 0.2) is 6.07 Å². The van der Waals surface area contributed by atoms with Crippen molar-refractivity contribution in [2.24, 2.45) is 11.5 Å². The molecule has 0 aromatic carbocycles. The Labute approximate surface area is 119 Å². The van der Waals surface area contributed by atoms with E-state index in [0.29, 0.717) is 13.0 Å². The molecule has 6 nitrogen and oxygen atoms in total. The van der Waals surface area contributed by atoms with Gasteiger partial charge in [0, 0.05) is 37.2 Å². The molecule has 1 aliphatic rings. The van der Waals surface area contributed by atoms with Crippen molar-refractivity contribution in [2.45, 2.75) is 45.1 Å². The van der Waals surface area contributed by atoms with Gasteiger partial charge in [0.2, 0.25) is 5.91 Å². The highest BCUT2D eigenvalue weighted by molar-refractivity contribution is 5.75. The highest BCUT2D eigenvalue weighted by atomic mass is 16.1. The van der Waals surface area contributed by atoms with Gasteiger partial charge in [-0.25, -0.2) is 9.97 Å². The Hall–Kier alpha value is -1.69. The average Bonchev–Trinajstić information content (AvgIpc) is 2.38. The summed E-state index contributed by atoms with van der Waals surface area (Å²) >= 11 is 0. The first-order valence-electron chi connectivity index (χ1n) is 7.19. The van der Waals surface area contributed by atoms with E-state index in [1.54, 1.807) is 0 Å². The number of amides is 1. The minimum Gasteiger partial charge on any atom is -0.370 e. The molecule has 2 rings (SSSR count). The van der Waals surface area contributed by atoms with Gasteiger partial charge in [0.15, 0.2) is 0 Å². The van der Waals surface area contributed by atoms with Crippen molar-refractivity contribution in [3.63, 3.8) is 0 Å². The number of rotatable bonds is 5. The highest BCUT2D eigenvalue weighted by Gasteiger charge is 2.25. The fraction of sp³-hybridized carbons (Fsp3) is 0.643. The van der Waals surface area contributed by atoms with Crippen molar-refractivity contribution in [1.82, 2.24) is 9.97 Å². The number of aromatic nitrogens is 2. The number of aryl methyl sites for hydroxylation is 1. The summed E-state index contributed by atoms with van der Waals surface area (Å²) in [6.45, 7) is 3.37. The van der Waals surface area contributed by atoms with E-state index in [9.17, 15) is 4.79 Å². The van der Waals surface area contributed by atoms with Crippen LogP contribution in [0.5, 0.6) is 0 Å². The minimum absolute atomic E-state index is 0.154. The Morgan fingerprint density at radius 3 is 2.95 bits per heavy atom. The number of anilines is 1. The molecule has 6 heteroatoms.